The third kappa shape index (κ3) is 2.77. The van der Waals surface area contributed by atoms with Crippen LogP contribution in [-0.4, -0.2) is 48.1 Å². The van der Waals surface area contributed by atoms with Crippen LogP contribution in [0.4, 0.5) is 0 Å². The lowest BCUT2D eigenvalue weighted by molar-refractivity contribution is -0.142. The van der Waals surface area contributed by atoms with E-state index < -0.39 is 11.9 Å². The summed E-state index contributed by atoms with van der Waals surface area (Å²) in [7, 11) is 2.00. The zero-order valence-corrected chi connectivity index (χ0v) is 10.2. The maximum Gasteiger partial charge on any atom is 0.308 e. The smallest absolute Gasteiger partial charge is 0.308 e. The van der Waals surface area contributed by atoms with Crippen LogP contribution in [0.25, 0.3) is 0 Å². The van der Waals surface area contributed by atoms with Crippen molar-refractivity contribution in [2.24, 2.45) is 11.8 Å². The second-order valence-corrected chi connectivity index (χ2v) is 5.24. The number of likely N-dealkylation sites (tertiary alicyclic amines) is 1. The van der Waals surface area contributed by atoms with Crippen molar-refractivity contribution in [1.82, 2.24) is 10.2 Å². The highest BCUT2D eigenvalue weighted by molar-refractivity contribution is 5.81. The van der Waals surface area contributed by atoms with E-state index in [-0.39, 0.29) is 17.9 Å². The molecule has 2 rings (SSSR count). The van der Waals surface area contributed by atoms with Gasteiger partial charge in [0.25, 0.3) is 0 Å². The van der Waals surface area contributed by atoms with E-state index in [0.717, 1.165) is 32.4 Å². The SMILES string of the molecule is CN1CCC(C(=O)NC2CCCC2C(=O)O)C1. The number of aliphatic carboxylic acids is 1. The Balaban J connectivity index is 1.88. The third-order valence-corrected chi connectivity index (χ3v) is 3.92. The van der Waals surface area contributed by atoms with Crippen LogP contribution in [0.15, 0.2) is 0 Å². The summed E-state index contributed by atoms with van der Waals surface area (Å²) in [4.78, 5) is 25.1. The molecule has 0 aromatic rings. The van der Waals surface area contributed by atoms with E-state index >= 15 is 0 Å². The quantitative estimate of drug-likeness (QED) is 0.745. The summed E-state index contributed by atoms with van der Waals surface area (Å²) in [6, 6.07) is -0.161. The largest absolute Gasteiger partial charge is 0.481 e. The Morgan fingerprint density at radius 3 is 2.65 bits per heavy atom. The Morgan fingerprint density at radius 2 is 2.06 bits per heavy atom. The standard InChI is InChI=1S/C12H20N2O3/c1-14-6-5-8(7-14)11(15)13-10-4-2-3-9(10)12(16)17/h8-10H,2-7H2,1H3,(H,13,15)(H,16,17). The molecule has 0 bridgehead atoms. The molecule has 1 aliphatic heterocycles. The molecule has 96 valence electrons. The Labute approximate surface area is 101 Å². The molecule has 2 N–H and O–H groups in total. The van der Waals surface area contributed by atoms with Crippen LogP contribution in [0.1, 0.15) is 25.7 Å². The number of carbonyl (C=O) groups excluding carboxylic acids is 1. The Morgan fingerprint density at radius 1 is 1.29 bits per heavy atom. The molecule has 2 fully saturated rings. The Hall–Kier alpha value is -1.10. The minimum Gasteiger partial charge on any atom is -0.481 e. The zero-order chi connectivity index (χ0) is 12.4. The van der Waals surface area contributed by atoms with Gasteiger partial charge in [0.05, 0.1) is 11.8 Å². The van der Waals surface area contributed by atoms with Crippen LogP contribution in [-0.2, 0) is 9.59 Å². The van der Waals surface area contributed by atoms with Crippen molar-refractivity contribution in [3.05, 3.63) is 0 Å². The lowest BCUT2D eigenvalue weighted by Gasteiger charge is -2.20. The topological polar surface area (TPSA) is 69.6 Å². The van der Waals surface area contributed by atoms with E-state index in [1.165, 1.54) is 0 Å². The molecule has 3 atom stereocenters. The summed E-state index contributed by atoms with van der Waals surface area (Å²) in [6.07, 6.45) is 3.26. The van der Waals surface area contributed by atoms with E-state index in [1.54, 1.807) is 0 Å². The average Bonchev–Trinajstić information content (AvgIpc) is 2.86. The molecule has 0 spiro atoms. The molecule has 0 radical (unpaired) electrons. The van der Waals surface area contributed by atoms with Crippen LogP contribution in [0.2, 0.25) is 0 Å². The van der Waals surface area contributed by atoms with E-state index in [2.05, 4.69) is 10.2 Å². The zero-order valence-electron chi connectivity index (χ0n) is 10.2. The van der Waals surface area contributed by atoms with Gasteiger partial charge in [0.15, 0.2) is 0 Å². The molecule has 5 nitrogen and oxygen atoms in total. The second-order valence-electron chi connectivity index (χ2n) is 5.24. The summed E-state index contributed by atoms with van der Waals surface area (Å²) in [6.45, 7) is 1.74. The van der Waals surface area contributed by atoms with Crippen molar-refractivity contribution in [3.8, 4) is 0 Å². The fraction of sp³-hybridized carbons (Fsp3) is 0.833. The Kier molecular flexibility index (Phi) is 3.66. The summed E-state index contributed by atoms with van der Waals surface area (Å²) in [5.41, 5.74) is 0. The summed E-state index contributed by atoms with van der Waals surface area (Å²) in [5, 5.41) is 12.0. The molecule has 3 unspecified atom stereocenters. The molecule has 1 saturated carbocycles. The van der Waals surface area contributed by atoms with Crippen LogP contribution < -0.4 is 5.32 Å². The molecule has 5 heteroatoms. The minimum atomic E-state index is -0.781. The number of carbonyl (C=O) groups is 2. The molecule has 1 aliphatic carbocycles. The van der Waals surface area contributed by atoms with Gasteiger partial charge in [-0.05, 0) is 32.9 Å². The van der Waals surface area contributed by atoms with Gasteiger partial charge in [0.1, 0.15) is 0 Å². The summed E-state index contributed by atoms with van der Waals surface area (Å²) >= 11 is 0. The number of nitrogens with one attached hydrogen (secondary N) is 1. The van der Waals surface area contributed by atoms with Crippen molar-refractivity contribution in [3.63, 3.8) is 0 Å². The number of carboxylic acid groups (broad SMARTS) is 1. The highest BCUT2D eigenvalue weighted by Crippen LogP contribution is 2.26. The first kappa shape index (κ1) is 12.4. The van der Waals surface area contributed by atoms with Gasteiger partial charge in [0, 0.05) is 12.6 Å². The molecule has 0 aromatic carbocycles. The molecule has 17 heavy (non-hydrogen) atoms. The number of rotatable bonds is 3. The van der Waals surface area contributed by atoms with E-state index in [0.29, 0.717) is 6.42 Å². The monoisotopic (exact) mass is 240 g/mol. The van der Waals surface area contributed by atoms with Crippen LogP contribution in [0.3, 0.4) is 0 Å². The maximum absolute atomic E-state index is 12.0. The maximum atomic E-state index is 12.0. The predicted molar refractivity (Wildman–Crippen MR) is 62.5 cm³/mol. The van der Waals surface area contributed by atoms with E-state index in [4.69, 9.17) is 5.11 Å². The fourth-order valence-electron chi connectivity index (χ4n) is 2.88. The first-order valence-corrected chi connectivity index (χ1v) is 6.29. The van der Waals surface area contributed by atoms with Crippen molar-refractivity contribution >= 4 is 11.9 Å². The van der Waals surface area contributed by atoms with Crippen LogP contribution in [0.5, 0.6) is 0 Å². The van der Waals surface area contributed by atoms with Gasteiger partial charge < -0.3 is 15.3 Å². The lowest BCUT2D eigenvalue weighted by atomic mass is 10.0. The van der Waals surface area contributed by atoms with Gasteiger partial charge in [-0.3, -0.25) is 9.59 Å². The van der Waals surface area contributed by atoms with E-state index in [9.17, 15) is 9.59 Å². The molecule has 1 saturated heterocycles. The number of hydrogen-bond acceptors (Lipinski definition) is 3. The van der Waals surface area contributed by atoms with Gasteiger partial charge in [0.2, 0.25) is 5.91 Å². The van der Waals surface area contributed by atoms with Crippen molar-refractivity contribution in [1.29, 1.82) is 0 Å². The normalized spacial score (nSPS) is 33.8. The Bertz CT molecular complexity index is 319. The van der Waals surface area contributed by atoms with Gasteiger partial charge in [-0.15, -0.1) is 0 Å². The van der Waals surface area contributed by atoms with E-state index in [1.807, 2.05) is 7.05 Å². The number of amides is 1. The molecule has 0 aromatic heterocycles. The second kappa shape index (κ2) is 5.04. The number of hydrogen-bond donors (Lipinski definition) is 2. The summed E-state index contributed by atoms with van der Waals surface area (Å²) < 4.78 is 0. The van der Waals surface area contributed by atoms with Gasteiger partial charge in [-0.25, -0.2) is 0 Å². The van der Waals surface area contributed by atoms with Gasteiger partial charge in [-0.1, -0.05) is 6.42 Å². The first-order chi connectivity index (χ1) is 8.08. The number of nitrogens with zero attached hydrogens (tertiary/aromatic N) is 1. The molecule has 1 heterocycles. The fourth-order valence-corrected chi connectivity index (χ4v) is 2.88. The molecule has 1 amide bonds. The predicted octanol–water partition coefficient (Wildman–Crippen LogP) is 0.308. The number of carboxylic acids is 1. The van der Waals surface area contributed by atoms with Crippen LogP contribution in [0, 0.1) is 11.8 Å². The first-order valence-electron chi connectivity index (χ1n) is 6.29. The molecular formula is C12H20N2O3. The van der Waals surface area contributed by atoms with Crippen LogP contribution >= 0.6 is 0 Å². The molecule has 2 aliphatic rings. The van der Waals surface area contributed by atoms with Gasteiger partial charge >= 0.3 is 5.97 Å². The van der Waals surface area contributed by atoms with Crippen molar-refractivity contribution < 1.29 is 14.7 Å². The summed E-state index contributed by atoms with van der Waals surface area (Å²) in [5.74, 6) is -1.10. The highest BCUT2D eigenvalue weighted by atomic mass is 16.4. The highest BCUT2D eigenvalue weighted by Gasteiger charge is 2.36. The van der Waals surface area contributed by atoms with Crippen molar-refractivity contribution in [2.45, 2.75) is 31.7 Å². The third-order valence-electron chi connectivity index (χ3n) is 3.92. The lowest BCUT2D eigenvalue weighted by Crippen LogP contribution is -2.43. The average molecular weight is 240 g/mol. The van der Waals surface area contributed by atoms with Gasteiger partial charge in [-0.2, -0.15) is 0 Å². The van der Waals surface area contributed by atoms with Crippen molar-refractivity contribution in [2.75, 3.05) is 20.1 Å². The molecular weight excluding hydrogens is 220 g/mol. The minimum absolute atomic E-state index is 0.0347.